The van der Waals surface area contributed by atoms with Gasteiger partial charge in [0.25, 0.3) is 0 Å². The molecule has 1 aliphatic rings. The Morgan fingerprint density at radius 1 is 0.900 bits per heavy atom. The van der Waals surface area contributed by atoms with Gasteiger partial charge in [-0.2, -0.15) is 0 Å². The van der Waals surface area contributed by atoms with Crippen LogP contribution in [0.5, 0.6) is 0 Å². The summed E-state index contributed by atoms with van der Waals surface area (Å²) < 4.78 is 15.6. The largest absolute Gasteiger partial charge is 0.389 e. The van der Waals surface area contributed by atoms with E-state index >= 15 is 0 Å². The second-order valence-corrected chi connectivity index (χ2v) is 5.53. The number of aliphatic hydroxyl groups is 1. The van der Waals surface area contributed by atoms with Crippen molar-refractivity contribution in [1.82, 2.24) is 5.32 Å². The summed E-state index contributed by atoms with van der Waals surface area (Å²) in [6.07, 6.45) is 6.66. The van der Waals surface area contributed by atoms with Crippen molar-refractivity contribution in [2.24, 2.45) is 0 Å². The Morgan fingerprint density at radius 2 is 1.50 bits per heavy atom. The Bertz CT molecular complexity index is 218. The van der Waals surface area contributed by atoms with Crippen LogP contribution in [0.3, 0.4) is 0 Å². The van der Waals surface area contributed by atoms with E-state index < -0.39 is 5.60 Å². The fraction of sp³-hybridized carbons (Fsp3) is 1.00. The van der Waals surface area contributed by atoms with Gasteiger partial charge in [-0.05, 0) is 12.8 Å². The number of nitrogens with one attached hydrogen (secondary N) is 1. The van der Waals surface area contributed by atoms with Crippen LogP contribution in [0.4, 0.5) is 0 Å². The molecular weight excluding hydrogens is 258 g/mol. The van der Waals surface area contributed by atoms with Crippen LogP contribution in [0.2, 0.25) is 0 Å². The van der Waals surface area contributed by atoms with Crippen molar-refractivity contribution in [3.05, 3.63) is 0 Å². The van der Waals surface area contributed by atoms with Crippen LogP contribution < -0.4 is 5.32 Å². The summed E-state index contributed by atoms with van der Waals surface area (Å²) in [5.74, 6) is 0. The summed E-state index contributed by atoms with van der Waals surface area (Å²) in [6.45, 7) is 4.57. The minimum atomic E-state index is -0.500. The molecule has 1 fully saturated rings. The van der Waals surface area contributed by atoms with E-state index in [1.165, 1.54) is 12.8 Å². The summed E-state index contributed by atoms with van der Waals surface area (Å²) in [5, 5.41) is 13.7. The highest BCUT2D eigenvalue weighted by Gasteiger charge is 2.26. The Hall–Kier alpha value is -0.200. The summed E-state index contributed by atoms with van der Waals surface area (Å²) in [5.41, 5.74) is -0.500. The van der Waals surface area contributed by atoms with E-state index in [1.807, 2.05) is 0 Å². The van der Waals surface area contributed by atoms with E-state index in [4.69, 9.17) is 14.2 Å². The monoisotopic (exact) mass is 289 g/mol. The predicted molar refractivity (Wildman–Crippen MR) is 79.0 cm³/mol. The van der Waals surface area contributed by atoms with Gasteiger partial charge in [0.15, 0.2) is 0 Å². The molecule has 0 unspecified atom stereocenters. The molecule has 0 saturated heterocycles. The molecule has 20 heavy (non-hydrogen) atoms. The van der Waals surface area contributed by atoms with Crippen LogP contribution >= 0.6 is 0 Å². The SMILES string of the molecule is COCCOCCOCCNCC1(O)CCCCCC1. The molecule has 0 spiro atoms. The van der Waals surface area contributed by atoms with E-state index in [2.05, 4.69) is 5.32 Å². The second kappa shape index (κ2) is 11.5. The normalized spacial score (nSPS) is 18.9. The molecule has 0 amide bonds. The molecule has 0 bridgehead atoms. The van der Waals surface area contributed by atoms with Crippen LogP contribution in [0, 0.1) is 0 Å². The number of ether oxygens (including phenoxy) is 3. The lowest BCUT2D eigenvalue weighted by molar-refractivity contribution is 0.0154. The second-order valence-electron chi connectivity index (χ2n) is 5.53. The quantitative estimate of drug-likeness (QED) is 0.444. The molecule has 5 nitrogen and oxygen atoms in total. The Balaban J connectivity index is 1.88. The first-order valence-electron chi connectivity index (χ1n) is 7.84. The van der Waals surface area contributed by atoms with Gasteiger partial charge in [0.1, 0.15) is 0 Å². The van der Waals surface area contributed by atoms with Gasteiger partial charge in [0, 0.05) is 20.2 Å². The molecule has 0 aromatic heterocycles. The first-order valence-corrected chi connectivity index (χ1v) is 7.84. The van der Waals surface area contributed by atoms with E-state index in [-0.39, 0.29) is 0 Å². The van der Waals surface area contributed by atoms with Crippen molar-refractivity contribution < 1.29 is 19.3 Å². The minimum Gasteiger partial charge on any atom is -0.389 e. The van der Waals surface area contributed by atoms with Crippen molar-refractivity contribution in [1.29, 1.82) is 0 Å². The zero-order valence-corrected chi connectivity index (χ0v) is 12.9. The predicted octanol–water partition coefficient (Wildman–Crippen LogP) is 1.34. The lowest BCUT2D eigenvalue weighted by Gasteiger charge is -2.26. The first-order chi connectivity index (χ1) is 9.77. The van der Waals surface area contributed by atoms with Gasteiger partial charge in [-0.15, -0.1) is 0 Å². The number of hydrogen-bond acceptors (Lipinski definition) is 5. The number of rotatable bonds is 11. The van der Waals surface area contributed by atoms with Crippen LogP contribution in [0.1, 0.15) is 38.5 Å². The average Bonchev–Trinajstić information content (AvgIpc) is 2.66. The summed E-state index contributed by atoms with van der Waals surface area (Å²) >= 11 is 0. The molecule has 0 radical (unpaired) electrons. The van der Waals surface area contributed by atoms with Crippen molar-refractivity contribution in [3.63, 3.8) is 0 Å². The molecule has 2 N–H and O–H groups in total. The van der Waals surface area contributed by atoms with Gasteiger partial charge in [-0.1, -0.05) is 25.7 Å². The van der Waals surface area contributed by atoms with Crippen LogP contribution in [-0.4, -0.2) is 63.9 Å². The van der Waals surface area contributed by atoms with E-state index in [1.54, 1.807) is 7.11 Å². The van der Waals surface area contributed by atoms with E-state index in [0.29, 0.717) is 39.6 Å². The fourth-order valence-electron chi connectivity index (χ4n) is 2.49. The smallest absolute Gasteiger partial charge is 0.0771 e. The Labute approximate surface area is 123 Å². The summed E-state index contributed by atoms with van der Waals surface area (Å²) in [4.78, 5) is 0. The molecule has 1 saturated carbocycles. The Morgan fingerprint density at radius 3 is 2.15 bits per heavy atom. The maximum atomic E-state index is 10.4. The maximum absolute atomic E-state index is 10.4. The molecule has 0 aromatic rings. The van der Waals surface area contributed by atoms with Gasteiger partial charge in [-0.3, -0.25) is 0 Å². The molecule has 0 aliphatic heterocycles. The zero-order chi connectivity index (χ0) is 14.5. The van der Waals surface area contributed by atoms with Crippen LogP contribution in [0.15, 0.2) is 0 Å². The molecule has 120 valence electrons. The number of methoxy groups -OCH3 is 1. The molecule has 1 aliphatic carbocycles. The lowest BCUT2D eigenvalue weighted by Crippen LogP contribution is -2.41. The molecule has 0 heterocycles. The highest BCUT2D eigenvalue weighted by Crippen LogP contribution is 2.26. The summed E-state index contributed by atoms with van der Waals surface area (Å²) in [6, 6.07) is 0. The van der Waals surface area contributed by atoms with E-state index in [0.717, 1.165) is 32.2 Å². The first kappa shape index (κ1) is 17.9. The maximum Gasteiger partial charge on any atom is 0.0771 e. The third kappa shape index (κ3) is 8.87. The molecular formula is C15H31NO4. The van der Waals surface area contributed by atoms with Gasteiger partial charge in [-0.25, -0.2) is 0 Å². The third-order valence-electron chi connectivity index (χ3n) is 3.72. The molecule has 0 atom stereocenters. The zero-order valence-electron chi connectivity index (χ0n) is 12.9. The molecule has 0 aromatic carbocycles. The van der Waals surface area contributed by atoms with Crippen molar-refractivity contribution in [3.8, 4) is 0 Å². The topological polar surface area (TPSA) is 60.0 Å². The van der Waals surface area contributed by atoms with Crippen molar-refractivity contribution in [2.75, 3.05) is 53.2 Å². The molecule has 5 heteroatoms. The third-order valence-corrected chi connectivity index (χ3v) is 3.72. The lowest BCUT2D eigenvalue weighted by atomic mass is 9.94. The fourth-order valence-corrected chi connectivity index (χ4v) is 2.49. The van der Waals surface area contributed by atoms with Crippen molar-refractivity contribution in [2.45, 2.75) is 44.1 Å². The van der Waals surface area contributed by atoms with Gasteiger partial charge in [0.2, 0.25) is 0 Å². The van der Waals surface area contributed by atoms with Gasteiger partial charge < -0.3 is 24.6 Å². The Kier molecular flexibility index (Phi) is 10.2. The summed E-state index contributed by atoms with van der Waals surface area (Å²) in [7, 11) is 1.66. The van der Waals surface area contributed by atoms with Gasteiger partial charge in [0.05, 0.1) is 38.6 Å². The number of hydrogen-bond donors (Lipinski definition) is 2. The van der Waals surface area contributed by atoms with Crippen molar-refractivity contribution >= 4 is 0 Å². The average molecular weight is 289 g/mol. The minimum absolute atomic E-state index is 0.500. The van der Waals surface area contributed by atoms with Crippen LogP contribution in [-0.2, 0) is 14.2 Å². The standard InChI is InChI=1S/C15H31NO4/c1-18-10-11-20-13-12-19-9-8-16-14-15(17)6-4-2-3-5-7-15/h16-17H,2-14H2,1H3. The highest BCUT2D eigenvalue weighted by atomic mass is 16.5. The molecule has 1 rings (SSSR count). The van der Waals surface area contributed by atoms with Gasteiger partial charge >= 0.3 is 0 Å². The van der Waals surface area contributed by atoms with Crippen LogP contribution in [0.25, 0.3) is 0 Å². The highest BCUT2D eigenvalue weighted by molar-refractivity contribution is 4.83. The van der Waals surface area contributed by atoms with E-state index in [9.17, 15) is 5.11 Å².